The van der Waals surface area contributed by atoms with Crippen LogP contribution < -0.4 is 4.74 Å². The molecule has 1 nitrogen and oxygen atoms in total. The van der Waals surface area contributed by atoms with Crippen molar-refractivity contribution in [3.05, 3.63) is 43.2 Å². The van der Waals surface area contributed by atoms with E-state index < -0.39 is 0 Å². The molecule has 0 saturated heterocycles. The topological polar surface area (TPSA) is 9.23 Å². The molecule has 0 bridgehead atoms. The van der Waals surface area contributed by atoms with Gasteiger partial charge in [0.2, 0.25) is 0 Å². The molecule has 0 aliphatic rings. The lowest BCUT2D eigenvalue weighted by Crippen LogP contribution is -1.75. The van der Waals surface area contributed by atoms with Crippen molar-refractivity contribution in [2.45, 2.75) is 0 Å². The van der Waals surface area contributed by atoms with Gasteiger partial charge in [-0.25, -0.2) is 0 Å². The summed E-state index contributed by atoms with van der Waals surface area (Å²) in [6, 6.07) is 10.9. The first-order chi connectivity index (χ1) is 4.43. The van der Waals surface area contributed by atoms with Gasteiger partial charge in [-0.2, -0.15) is 0 Å². The summed E-state index contributed by atoms with van der Waals surface area (Å²) in [5, 5.41) is 0. The Hall–Kier alpha value is -1.42. The Morgan fingerprint density at radius 3 is 3.11 bits per heavy atom. The van der Waals surface area contributed by atoms with E-state index >= 15 is 0 Å². The van der Waals surface area contributed by atoms with Crippen LogP contribution in [0.2, 0.25) is 0 Å². The molecule has 1 heteroatoms. The summed E-state index contributed by atoms with van der Waals surface area (Å²) in [7, 11) is 0. The smallest absolute Gasteiger partial charge is 0.176 e. The van der Waals surface area contributed by atoms with Crippen LogP contribution in [0.25, 0.3) is 0 Å². The molecule has 0 fully saturated rings. The summed E-state index contributed by atoms with van der Waals surface area (Å²) in [6.07, 6.45) is 1.36. The fraction of sp³-hybridized carbons (Fsp3) is 0. The molecule has 0 heterocycles. The molecule has 1 rings (SSSR count). The van der Waals surface area contributed by atoms with E-state index in [0.29, 0.717) is 5.75 Å². The van der Waals surface area contributed by atoms with Gasteiger partial charge < -0.3 is 4.74 Å². The molecule has 0 N–H and O–H groups in total. The lowest BCUT2D eigenvalue weighted by atomic mass is 10.4. The Bertz CT molecular complexity index is 179. The highest BCUT2D eigenvalue weighted by Crippen LogP contribution is 2.02. The van der Waals surface area contributed by atoms with Gasteiger partial charge in [0, 0.05) is 0 Å². The third-order valence-corrected chi connectivity index (χ3v) is 0.833. The number of hydrogen-bond acceptors (Lipinski definition) is 1. The minimum Gasteiger partial charge on any atom is -0.457 e. The van der Waals surface area contributed by atoms with Gasteiger partial charge in [-0.05, 0) is 24.3 Å². The molecular weight excluding hydrogens is 112 g/mol. The predicted molar refractivity (Wildman–Crippen MR) is 34.9 cm³/mol. The fourth-order valence-electron chi connectivity index (χ4n) is 0.497. The van der Waals surface area contributed by atoms with Crippen molar-refractivity contribution in [2.24, 2.45) is 0 Å². The van der Waals surface area contributed by atoms with Crippen LogP contribution in [-0.2, 0) is 0 Å². The second-order valence-electron chi connectivity index (χ2n) is 1.44. The van der Waals surface area contributed by atoms with Crippen molar-refractivity contribution in [2.75, 3.05) is 0 Å². The minimum atomic E-state index is 0.646. The minimum absolute atomic E-state index is 0.646. The van der Waals surface area contributed by atoms with Crippen LogP contribution in [0.4, 0.5) is 0 Å². The maximum absolute atomic E-state index is 4.88. The number of ether oxygens (including phenoxy) is 1. The van der Waals surface area contributed by atoms with Crippen LogP contribution in [0.3, 0.4) is 0 Å². The van der Waals surface area contributed by atoms with E-state index in [4.69, 9.17) is 4.74 Å². The molecule has 0 spiro atoms. The summed E-state index contributed by atoms with van der Waals surface area (Å²) in [6.45, 7) is 3.40. The zero-order chi connectivity index (χ0) is 6.53. The highest BCUT2D eigenvalue weighted by atomic mass is 16.5. The normalized spacial score (nSPS) is 7.56. The fourth-order valence-corrected chi connectivity index (χ4v) is 0.497. The number of hydrogen-bond donors (Lipinski definition) is 0. The molecule has 0 aromatic heterocycles. The lowest BCUT2D eigenvalue weighted by molar-refractivity contribution is 0.484. The summed E-state index contributed by atoms with van der Waals surface area (Å²) in [5.41, 5.74) is 0. The van der Waals surface area contributed by atoms with Crippen molar-refractivity contribution in [3.63, 3.8) is 0 Å². The summed E-state index contributed by atoms with van der Waals surface area (Å²) < 4.78 is 4.88. The first-order valence-corrected chi connectivity index (χ1v) is 2.59. The van der Waals surface area contributed by atoms with E-state index in [-0.39, 0.29) is 0 Å². The summed E-state index contributed by atoms with van der Waals surface area (Å²) in [4.78, 5) is 0. The Kier molecular flexibility index (Phi) is 1.77. The van der Waals surface area contributed by atoms with Gasteiger partial charge >= 0.3 is 0 Å². The molecule has 0 saturated carbocycles. The largest absolute Gasteiger partial charge is 0.457 e. The van der Waals surface area contributed by atoms with Gasteiger partial charge in [-0.1, -0.05) is 12.6 Å². The van der Waals surface area contributed by atoms with Crippen LogP contribution in [0.1, 0.15) is 0 Å². The average Bonchev–Trinajstić information content (AvgIpc) is 1.91. The van der Waals surface area contributed by atoms with Crippen molar-refractivity contribution in [1.82, 2.24) is 0 Å². The molecule has 0 unspecified atom stereocenters. The molecule has 1 aromatic carbocycles. The second-order valence-corrected chi connectivity index (χ2v) is 1.44. The van der Waals surface area contributed by atoms with Crippen molar-refractivity contribution < 1.29 is 4.74 Å². The van der Waals surface area contributed by atoms with E-state index in [2.05, 4.69) is 18.7 Å². The molecular formula is C8H6O. The molecule has 0 atom stereocenters. The van der Waals surface area contributed by atoms with Crippen LogP contribution in [0, 0.1) is 12.1 Å². The highest BCUT2D eigenvalue weighted by molar-refractivity contribution is 5.14. The van der Waals surface area contributed by atoms with Crippen molar-refractivity contribution in [1.29, 1.82) is 0 Å². The second kappa shape index (κ2) is 2.78. The first kappa shape index (κ1) is 5.71. The van der Waals surface area contributed by atoms with E-state index in [1.54, 1.807) is 12.1 Å². The average molecular weight is 118 g/mol. The predicted octanol–water partition coefficient (Wildman–Crippen LogP) is 1.81. The van der Waals surface area contributed by atoms with Crippen molar-refractivity contribution in [3.8, 4) is 5.75 Å². The van der Waals surface area contributed by atoms with Crippen LogP contribution in [-0.4, -0.2) is 0 Å². The molecule has 44 valence electrons. The van der Waals surface area contributed by atoms with Gasteiger partial charge in [-0.15, -0.1) is 0 Å². The maximum Gasteiger partial charge on any atom is 0.176 e. The zero-order valence-electron chi connectivity index (χ0n) is 4.92. The molecule has 1 aromatic rings. The Morgan fingerprint density at radius 1 is 1.67 bits per heavy atom. The zero-order valence-corrected chi connectivity index (χ0v) is 4.92. The first-order valence-electron chi connectivity index (χ1n) is 2.59. The van der Waals surface area contributed by atoms with Crippen LogP contribution in [0.15, 0.2) is 31.0 Å². The number of rotatable bonds is 2. The van der Waals surface area contributed by atoms with E-state index in [1.165, 1.54) is 6.26 Å². The monoisotopic (exact) mass is 118 g/mol. The molecule has 0 aliphatic heterocycles. The lowest BCUT2D eigenvalue weighted by Gasteiger charge is -1.90. The molecule has 9 heavy (non-hydrogen) atoms. The standard InChI is InChI=1S/C8H6O/c1-2-9-8-6-4-3-5-7-8/h2-4,6H,1H2. The Morgan fingerprint density at radius 2 is 2.56 bits per heavy atom. The molecule has 0 aliphatic carbocycles. The highest BCUT2D eigenvalue weighted by Gasteiger charge is 1.80. The van der Waals surface area contributed by atoms with Gasteiger partial charge in [0.25, 0.3) is 0 Å². The van der Waals surface area contributed by atoms with Gasteiger partial charge in [0.15, 0.2) is 5.75 Å². The van der Waals surface area contributed by atoms with Gasteiger partial charge in [0.1, 0.15) is 0 Å². The van der Waals surface area contributed by atoms with E-state index in [1.807, 2.05) is 6.07 Å². The van der Waals surface area contributed by atoms with Crippen LogP contribution >= 0.6 is 0 Å². The maximum atomic E-state index is 4.88. The SMILES string of the molecule is C=COc1c#cccc1. The summed E-state index contributed by atoms with van der Waals surface area (Å²) >= 11 is 0. The third kappa shape index (κ3) is 1.50. The van der Waals surface area contributed by atoms with Crippen LogP contribution in [0.5, 0.6) is 5.75 Å². The molecule has 0 radical (unpaired) electrons. The van der Waals surface area contributed by atoms with Gasteiger partial charge in [0.05, 0.1) is 6.26 Å². The molecule has 0 amide bonds. The van der Waals surface area contributed by atoms with E-state index in [0.717, 1.165) is 0 Å². The van der Waals surface area contributed by atoms with E-state index in [9.17, 15) is 0 Å². The van der Waals surface area contributed by atoms with Crippen molar-refractivity contribution >= 4 is 0 Å². The quantitative estimate of drug-likeness (QED) is 0.538. The Labute approximate surface area is 54.6 Å². The Balaban J connectivity index is 2.72. The summed E-state index contributed by atoms with van der Waals surface area (Å²) in [5.74, 6) is 0.646. The van der Waals surface area contributed by atoms with Gasteiger partial charge in [-0.3, -0.25) is 0 Å². The third-order valence-electron chi connectivity index (χ3n) is 0.833.